The lowest BCUT2D eigenvalue weighted by molar-refractivity contribution is 0.638. The lowest BCUT2D eigenvalue weighted by Gasteiger charge is -2.45. The third-order valence-corrected chi connectivity index (χ3v) is 19.2. The van der Waals surface area contributed by atoms with Crippen LogP contribution in [0.4, 0.5) is 34.1 Å². The average molecular weight is 1090 g/mol. The highest BCUT2D eigenvalue weighted by Gasteiger charge is 2.45. The number of allylic oxidation sites excluding steroid dienone is 4. The van der Waals surface area contributed by atoms with E-state index in [-0.39, 0.29) is 28.4 Å². The van der Waals surface area contributed by atoms with Crippen molar-refractivity contribution in [3.8, 4) is 0 Å². The number of nitrogens with zero attached hydrogens (tertiary/aromatic N) is 2. The van der Waals surface area contributed by atoms with E-state index in [1.807, 2.05) is 0 Å². The molecule has 0 aliphatic carbocycles. The second-order valence-corrected chi connectivity index (χ2v) is 25.5. The van der Waals surface area contributed by atoms with Crippen molar-refractivity contribution in [2.75, 3.05) is 9.80 Å². The Morgan fingerprint density at radius 1 is 0.440 bits per heavy atom. The number of furan rings is 1. The highest BCUT2D eigenvalue weighted by molar-refractivity contribution is 7.00. The van der Waals surface area contributed by atoms with E-state index in [1.165, 1.54) is 89.2 Å². The lowest BCUT2D eigenvalue weighted by Crippen LogP contribution is -2.61. The molecule has 2 aliphatic rings. The van der Waals surface area contributed by atoms with E-state index in [0.29, 0.717) is 6.42 Å². The molecule has 84 heavy (non-hydrogen) atoms. The summed E-state index contributed by atoms with van der Waals surface area (Å²) in [5.41, 5.74) is 24.4. The van der Waals surface area contributed by atoms with Gasteiger partial charge >= 0.3 is 0 Å². The standard InChI is InChI=1S/C80H75BN2O/c1-11-13-27-56(12-2)77(3,4)62-41-47-70-68(52-62)81-69-53-63(80(9,10)59-32-21-16-22-33-59)42-48-71(69)83(65-45-39-61(40-46-65)79(7,8)58-30-19-15-20-31-58)73-51-54(49-55-26-25-35-67-66-34-23-24-36-74(66)84-76(55)67)50-72(75(73)81)82(70)64-43-37-60(38-44-64)78(5,6)57-28-17-14-18-29-57/h12-48,50-53H,11,49H2,1-10H3/b27-13-,56-12+. The number of hydrogen-bond donors (Lipinski definition) is 0. The van der Waals surface area contributed by atoms with E-state index in [4.69, 9.17) is 4.42 Å². The predicted octanol–water partition coefficient (Wildman–Crippen LogP) is 19.4. The molecular formula is C80H75BN2O. The molecule has 0 saturated carbocycles. The fourth-order valence-corrected chi connectivity index (χ4v) is 13.9. The van der Waals surface area contributed by atoms with E-state index in [2.05, 4.69) is 328 Å². The molecule has 0 spiro atoms. The molecule has 3 nitrogen and oxygen atoms in total. The largest absolute Gasteiger partial charge is 0.456 e. The van der Waals surface area contributed by atoms with E-state index in [0.717, 1.165) is 45.3 Å². The minimum absolute atomic E-state index is 0.115. The topological polar surface area (TPSA) is 19.6 Å². The van der Waals surface area contributed by atoms with Crippen LogP contribution in [0.1, 0.15) is 126 Å². The molecule has 0 saturated heterocycles. The van der Waals surface area contributed by atoms with Gasteiger partial charge < -0.3 is 14.2 Å². The van der Waals surface area contributed by atoms with E-state index in [9.17, 15) is 0 Å². The summed E-state index contributed by atoms with van der Waals surface area (Å²) in [6, 6.07) is 86.7. The third kappa shape index (κ3) is 9.14. The molecular weight excluding hydrogens is 1020 g/mol. The average Bonchev–Trinajstić information content (AvgIpc) is 2.45. The number of hydrogen-bond acceptors (Lipinski definition) is 3. The molecule has 0 amide bonds. The van der Waals surface area contributed by atoms with Crippen molar-refractivity contribution in [1.29, 1.82) is 0 Å². The summed E-state index contributed by atoms with van der Waals surface area (Å²) < 4.78 is 6.79. The molecule has 0 radical (unpaired) electrons. The van der Waals surface area contributed by atoms with Gasteiger partial charge in [0.15, 0.2) is 0 Å². The number of anilines is 6. The predicted molar refractivity (Wildman–Crippen MR) is 359 cm³/mol. The van der Waals surface area contributed by atoms with E-state index < -0.39 is 0 Å². The number of benzene rings is 10. The van der Waals surface area contributed by atoms with Gasteiger partial charge in [-0.25, -0.2) is 0 Å². The highest BCUT2D eigenvalue weighted by atomic mass is 16.3. The summed E-state index contributed by atoms with van der Waals surface area (Å²) in [4.78, 5) is 5.18. The van der Waals surface area contributed by atoms with Gasteiger partial charge in [0.25, 0.3) is 6.71 Å². The van der Waals surface area contributed by atoms with Crippen molar-refractivity contribution in [3.63, 3.8) is 0 Å². The summed E-state index contributed by atoms with van der Waals surface area (Å²) in [7, 11) is 0. The van der Waals surface area contributed by atoms with Crippen molar-refractivity contribution in [3.05, 3.63) is 304 Å². The quantitative estimate of drug-likeness (QED) is 0.0799. The Labute approximate surface area is 498 Å². The van der Waals surface area contributed by atoms with Gasteiger partial charge in [-0.3, -0.25) is 0 Å². The van der Waals surface area contributed by atoms with Gasteiger partial charge in [0.05, 0.1) is 0 Å². The van der Waals surface area contributed by atoms with Crippen LogP contribution in [0.25, 0.3) is 21.9 Å². The molecule has 414 valence electrons. The molecule has 10 aromatic carbocycles. The molecule has 0 bridgehead atoms. The molecule has 3 heterocycles. The van der Waals surface area contributed by atoms with Gasteiger partial charge in [0, 0.05) is 73.0 Å². The zero-order valence-electron chi connectivity index (χ0n) is 50.5. The van der Waals surface area contributed by atoms with Crippen LogP contribution in [-0.2, 0) is 28.1 Å². The first kappa shape index (κ1) is 54.4. The normalized spacial score (nSPS) is 13.6. The van der Waals surface area contributed by atoms with Crippen molar-refractivity contribution in [2.24, 2.45) is 0 Å². The van der Waals surface area contributed by atoms with Crippen LogP contribution in [0, 0.1) is 0 Å². The maximum absolute atomic E-state index is 6.79. The molecule has 11 aromatic rings. The maximum atomic E-state index is 6.79. The van der Waals surface area contributed by atoms with E-state index >= 15 is 0 Å². The second-order valence-electron chi connectivity index (χ2n) is 25.5. The molecule has 13 rings (SSSR count). The molecule has 0 N–H and O–H groups in total. The third-order valence-electron chi connectivity index (χ3n) is 19.2. The molecule has 0 fully saturated rings. The monoisotopic (exact) mass is 1090 g/mol. The van der Waals surface area contributed by atoms with Crippen LogP contribution in [0.15, 0.2) is 259 Å². The van der Waals surface area contributed by atoms with Crippen LogP contribution in [0.5, 0.6) is 0 Å². The van der Waals surface area contributed by atoms with Crippen molar-refractivity contribution >= 4 is 79.2 Å². The zero-order valence-corrected chi connectivity index (χ0v) is 50.5. The highest BCUT2D eigenvalue weighted by Crippen LogP contribution is 2.48. The Bertz CT molecular complexity index is 4300. The Morgan fingerprint density at radius 3 is 1.39 bits per heavy atom. The van der Waals surface area contributed by atoms with Crippen LogP contribution < -0.4 is 26.2 Å². The first-order chi connectivity index (χ1) is 40.6. The summed E-state index contributed by atoms with van der Waals surface area (Å²) in [6.07, 6.45) is 8.59. The SMILES string of the molecule is C/C=C(\C=C/CC)C(C)(C)c1ccc2c(c1)B1c3cc(C(C)(C)c4ccccc4)ccc3N(c3ccc(C(C)(C)c4ccccc4)cc3)c3cc(Cc4cccc5c4oc4ccccc45)cc(c31)N2c1ccc(C(C)(C)c2ccccc2)cc1. The smallest absolute Gasteiger partial charge is 0.252 e. The first-order valence-corrected chi connectivity index (χ1v) is 30.3. The van der Waals surface area contributed by atoms with Gasteiger partial charge in [-0.15, -0.1) is 0 Å². The fraction of sp³-hybridized carbons (Fsp3) is 0.200. The molecule has 2 aliphatic heterocycles. The summed E-state index contributed by atoms with van der Waals surface area (Å²) in [6.45, 7) is 23.2. The Hall–Kier alpha value is -8.86. The molecule has 0 atom stereocenters. The van der Waals surface area contributed by atoms with Crippen LogP contribution in [0.2, 0.25) is 0 Å². The first-order valence-electron chi connectivity index (χ1n) is 30.3. The second kappa shape index (κ2) is 21.1. The maximum Gasteiger partial charge on any atom is 0.252 e. The summed E-state index contributed by atoms with van der Waals surface area (Å²) in [5.74, 6) is 0. The van der Waals surface area contributed by atoms with Crippen molar-refractivity contribution in [2.45, 2.75) is 104 Å². The van der Waals surface area contributed by atoms with Crippen LogP contribution in [0.3, 0.4) is 0 Å². The van der Waals surface area contributed by atoms with Gasteiger partial charge in [0.2, 0.25) is 0 Å². The molecule has 0 unspecified atom stereocenters. The Morgan fingerprint density at radius 2 is 0.881 bits per heavy atom. The van der Waals surface area contributed by atoms with Crippen LogP contribution >= 0.6 is 0 Å². The van der Waals surface area contributed by atoms with Gasteiger partial charge in [-0.1, -0.05) is 256 Å². The van der Waals surface area contributed by atoms with Crippen LogP contribution in [-0.4, -0.2) is 6.71 Å². The molecule has 1 aromatic heterocycles. The minimum atomic E-state index is -0.286. The lowest BCUT2D eigenvalue weighted by atomic mass is 9.33. The van der Waals surface area contributed by atoms with Gasteiger partial charge in [-0.05, 0) is 140 Å². The van der Waals surface area contributed by atoms with Gasteiger partial charge in [0.1, 0.15) is 11.2 Å². The number of fused-ring (bicyclic) bond motifs is 7. The Kier molecular flexibility index (Phi) is 13.7. The number of rotatable bonds is 14. The number of para-hydroxylation sites is 2. The molecule has 4 heteroatoms. The van der Waals surface area contributed by atoms with Gasteiger partial charge in [-0.2, -0.15) is 0 Å². The minimum Gasteiger partial charge on any atom is -0.456 e. The van der Waals surface area contributed by atoms with E-state index in [1.54, 1.807) is 0 Å². The fourth-order valence-electron chi connectivity index (χ4n) is 13.9. The summed E-state index contributed by atoms with van der Waals surface area (Å²) >= 11 is 0. The zero-order chi connectivity index (χ0) is 58.1. The van der Waals surface area contributed by atoms with Crippen molar-refractivity contribution < 1.29 is 4.42 Å². The van der Waals surface area contributed by atoms with Crippen molar-refractivity contribution in [1.82, 2.24) is 0 Å². The Balaban J connectivity index is 1.10. The summed E-state index contributed by atoms with van der Waals surface area (Å²) in [5, 5.41) is 2.28.